The fourth-order valence-corrected chi connectivity index (χ4v) is 2.58. The molecule has 0 aliphatic heterocycles. The fraction of sp³-hybridized carbons (Fsp3) is 0.200. The molecule has 1 nitrogen and oxygen atoms in total. The van der Waals surface area contributed by atoms with E-state index in [2.05, 4.69) is 60.7 Å². The zero-order valence-electron chi connectivity index (χ0n) is 9.08. The second-order valence-corrected chi connectivity index (χ2v) is 4.44. The number of rotatable bonds is 0. The van der Waals surface area contributed by atoms with Crippen molar-refractivity contribution in [1.29, 1.82) is 0 Å². The highest BCUT2D eigenvalue weighted by Gasteiger charge is 2.27. The van der Waals surface area contributed by atoms with Gasteiger partial charge in [-0.05, 0) is 11.1 Å². The molecule has 0 bridgehead atoms. The molecule has 0 saturated carbocycles. The molecule has 3 unspecified atom stereocenters. The molecule has 16 heavy (non-hydrogen) atoms. The second-order valence-electron chi connectivity index (χ2n) is 4.44. The molecule has 2 aliphatic carbocycles. The Kier molecular flexibility index (Phi) is 2.26. The summed E-state index contributed by atoms with van der Waals surface area (Å²) in [5.74, 6) is 0.831. The van der Waals surface area contributed by atoms with E-state index >= 15 is 0 Å². The Hall–Kier alpha value is -1.60. The van der Waals surface area contributed by atoms with Crippen molar-refractivity contribution in [3.05, 3.63) is 65.8 Å². The van der Waals surface area contributed by atoms with Crippen LogP contribution in [0.2, 0.25) is 0 Å². The van der Waals surface area contributed by atoms with E-state index in [1.165, 1.54) is 11.1 Å². The summed E-state index contributed by atoms with van der Waals surface area (Å²) >= 11 is 0. The van der Waals surface area contributed by atoms with Gasteiger partial charge in [0.25, 0.3) is 0 Å². The van der Waals surface area contributed by atoms with E-state index in [1.807, 2.05) is 0 Å². The Bertz CT molecular complexity index is 482. The van der Waals surface area contributed by atoms with E-state index in [0.717, 1.165) is 0 Å². The summed E-state index contributed by atoms with van der Waals surface area (Å²) in [6.45, 7) is 0. The lowest BCUT2D eigenvalue weighted by Gasteiger charge is -2.26. The van der Waals surface area contributed by atoms with Crippen LogP contribution in [0.1, 0.15) is 17.2 Å². The minimum Gasteiger partial charge on any atom is -0.323 e. The van der Waals surface area contributed by atoms with Crippen LogP contribution >= 0.6 is 0 Å². The van der Waals surface area contributed by atoms with E-state index in [0.29, 0.717) is 11.8 Å². The van der Waals surface area contributed by atoms with Gasteiger partial charge in [-0.1, -0.05) is 60.7 Å². The summed E-state index contributed by atoms with van der Waals surface area (Å²) in [6.07, 6.45) is 13.1. The first-order valence-corrected chi connectivity index (χ1v) is 5.74. The van der Waals surface area contributed by atoms with Gasteiger partial charge < -0.3 is 5.73 Å². The Labute approximate surface area is 96.0 Å². The first-order chi connectivity index (χ1) is 7.86. The molecular formula is C15H15N. The quantitative estimate of drug-likeness (QED) is 0.698. The second kappa shape index (κ2) is 3.76. The third-order valence-corrected chi connectivity index (χ3v) is 3.49. The molecule has 0 heterocycles. The predicted octanol–water partition coefficient (Wildman–Crippen LogP) is 3.07. The van der Waals surface area contributed by atoms with Gasteiger partial charge in [-0.25, -0.2) is 0 Å². The third kappa shape index (κ3) is 1.44. The molecule has 2 aliphatic rings. The van der Waals surface area contributed by atoms with Gasteiger partial charge in [-0.15, -0.1) is 0 Å². The maximum atomic E-state index is 6.38. The van der Waals surface area contributed by atoms with Crippen molar-refractivity contribution in [3.63, 3.8) is 0 Å². The molecule has 0 radical (unpaired) electrons. The number of allylic oxidation sites excluding steroid dienone is 4. The maximum Gasteiger partial charge on any atom is 0.0373 e. The maximum absolute atomic E-state index is 6.38. The number of hydrogen-bond donors (Lipinski definition) is 1. The molecule has 0 saturated heterocycles. The van der Waals surface area contributed by atoms with Crippen molar-refractivity contribution < 1.29 is 0 Å². The predicted molar refractivity (Wildman–Crippen MR) is 67.7 cm³/mol. The molecule has 2 N–H and O–H groups in total. The van der Waals surface area contributed by atoms with Gasteiger partial charge in [0.15, 0.2) is 0 Å². The van der Waals surface area contributed by atoms with Crippen molar-refractivity contribution in [3.8, 4) is 0 Å². The third-order valence-electron chi connectivity index (χ3n) is 3.49. The Morgan fingerprint density at radius 2 is 1.75 bits per heavy atom. The Morgan fingerprint density at radius 1 is 0.938 bits per heavy atom. The SMILES string of the molecule is NC1c2ccccc2C=CC2C=CC=CC21. The average Bonchev–Trinajstić information content (AvgIpc) is 2.49. The van der Waals surface area contributed by atoms with Gasteiger partial charge in [0.2, 0.25) is 0 Å². The minimum absolute atomic E-state index is 0.0948. The van der Waals surface area contributed by atoms with Gasteiger partial charge in [-0.3, -0.25) is 0 Å². The summed E-state index contributed by atoms with van der Waals surface area (Å²) in [6, 6.07) is 8.50. The van der Waals surface area contributed by atoms with Gasteiger partial charge in [0.05, 0.1) is 0 Å². The van der Waals surface area contributed by atoms with E-state index in [4.69, 9.17) is 5.73 Å². The highest BCUT2D eigenvalue weighted by atomic mass is 14.7. The lowest BCUT2D eigenvalue weighted by Crippen LogP contribution is -2.25. The van der Waals surface area contributed by atoms with Crippen molar-refractivity contribution in [1.82, 2.24) is 0 Å². The van der Waals surface area contributed by atoms with Crippen LogP contribution in [0.5, 0.6) is 0 Å². The number of hydrogen-bond acceptors (Lipinski definition) is 1. The van der Waals surface area contributed by atoms with Gasteiger partial charge >= 0.3 is 0 Å². The van der Waals surface area contributed by atoms with E-state index in [-0.39, 0.29) is 6.04 Å². The summed E-state index contributed by atoms with van der Waals surface area (Å²) in [4.78, 5) is 0. The monoisotopic (exact) mass is 209 g/mol. The molecule has 3 rings (SSSR count). The van der Waals surface area contributed by atoms with Gasteiger partial charge in [0, 0.05) is 17.9 Å². The topological polar surface area (TPSA) is 26.0 Å². The van der Waals surface area contributed by atoms with Crippen LogP contribution in [-0.2, 0) is 0 Å². The lowest BCUT2D eigenvalue weighted by atomic mass is 9.81. The molecule has 0 aromatic heterocycles. The van der Waals surface area contributed by atoms with Gasteiger partial charge in [0.1, 0.15) is 0 Å². The molecule has 0 spiro atoms. The molecule has 1 heteroatoms. The summed E-state index contributed by atoms with van der Waals surface area (Å²) in [5.41, 5.74) is 8.89. The minimum atomic E-state index is 0.0948. The van der Waals surface area contributed by atoms with Crippen LogP contribution in [0, 0.1) is 11.8 Å². The fourth-order valence-electron chi connectivity index (χ4n) is 2.58. The molecule has 0 amide bonds. The number of nitrogens with two attached hydrogens (primary N) is 1. The Morgan fingerprint density at radius 3 is 2.69 bits per heavy atom. The number of fused-ring (bicyclic) bond motifs is 2. The van der Waals surface area contributed by atoms with Gasteiger partial charge in [-0.2, -0.15) is 0 Å². The largest absolute Gasteiger partial charge is 0.323 e. The first-order valence-electron chi connectivity index (χ1n) is 5.74. The smallest absolute Gasteiger partial charge is 0.0373 e. The number of benzene rings is 1. The highest BCUT2D eigenvalue weighted by Crippen LogP contribution is 2.36. The van der Waals surface area contributed by atoms with Crippen LogP contribution < -0.4 is 5.73 Å². The summed E-state index contributed by atoms with van der Waals surface area (Å²) < 4.78 is 0. The highest BCUT2D eigenvalue weighted by molar-refractivity contribution is 5.57. The van der Waals surface area contributed by atoms with E-state index in [9.17, 15) is 0 Å². The standard InChI is InChI=1S/C15H15N/c16-15-13-7-3-1-5-11(13)9-10-12-6-2-4-8-14(12)15/h1-11,13,15H,16H2. The zero-order chi connectivity index (χ0) is 11.0. The van der Waals surface area contributed by atoms with Crippen molar-refractivity contribution >= 4 is 6.08 Å². The average molecular weight is 209 g/mol. The molecule has 3 atom stereocenters. The van der Waals surface area contributed by atoms with E-state index in [1.54, 1.807) is 0 Å². The zero-order valence-corrected chi connectivity index (χ0v) is 9.08. The Balaban J connectivity index is 2.11. The molecule has 1 aromatic carbocycles. The lowest BCUT2D eigenvalue weighted by molar-refractivity contribution is 0.458. The molecule has 80 valence electrons. The first kappa shape index (κ1) is 9.61. The van der Waals surface area contributed by atoms with Crippen LogP contribution in [0.3, 0.4) is 0 Å². The van der Waals surface area contributed by atoms with Crippen molar-refractivity contribution in [2.75, 3.05) is 0 Å². The van der Waals surface area contributed by atoms with E-state index < -0.39 is 0 Å². The van der Waals surface area contributed by atoms with Crippen molar-refractivity contribution in [2.24, 2.45) is 17.6 Å². The normalized spacial score (nSPS) is 30.7. The summed E-state index contributed by atoms with van der Waals surface area (Å²) in [5, 5.41) is 0. The molecule has 0 fully saturated rings. The molecular weight excluding hydrogens is 194 g/mol. The van der Waals surface area contributed by atoms with Crippen LogP contribution in [0.25, 0.3) is 6.08 Å². The van der Waals surface area contributed by atoms with Crippen LogP contribution in [0.15, 0.2) is 54.6 Å². The summed E-state index contributed by atoms with van der Waals surface area (Å²) in [7, 11) is 0. The van der Waals surface area contributed by atoms with Crippen LogP contribution in [-0.4, -0.2) is 0 Å². The van der Waals surface area contributed by atoms with Crippen molar-refractivity contribution in [2.45, 2.75) is 6.04 Å². The van der Waals surface area contributed by atoms with Crippen LogP contribution in [0.4, 0.5) is 0 Å². The molecule has 1 aromatic rings.